The molecule has 2 N–H and O–H groups in total. The SMILES string of the molecule is CC(C)(C)NC(=O)COC(=O)CN1C(=O)NC2(CCC(C(C)(C)C)CC2)C1=O. The molecule has 0 atom stereocenters. The number of hydrogen-bond donors (Lipinski definition) is 2. The molecule has 0 unspecified atom stereocenters. The first-order valence-corrected chi connectivity index (χ1v) is 9.84. The lowest BCUT2D eigenvalue weighted by molar-refractivity contribution is -0.151. The molecule has 1 aliphatic heterocycles. The van der Waals surface area contributed by atoms with E-state index in [1.807, 2.05) is 20.8 Å². The predicted octanol–water partition coefficient (Wildman–Crippen LogP) is 1.97. The molecule has 2 fully saturated rings. The lowest BCUT2D eigenvalue weighted by Crippen LogP contribution is -2.50. The van der Waals surface area contributed by atoms with Crippen molar-refractivity contribution in [3.63, 3.8) is 0 Å². The van der Waals surface area contributed by atoms with Gasteiger partial charge in [0, 0.05) is 5.54 Å². The third-order valence-corrected chi connectivity index (χ3v) is 5.48. The van der Waals surface area contributed by atoms with Crippen molar-refractivity contribution < 1.29 is 23.9 Å². The fourth-order valence-corrected chi connectivity index (χ4v) is 3.91. The van der Waals surface area contributed by atoms with E-state index in [9.17, 15) is 19.2 Å². The first-order valence-electron chi connectivity index (χ1n) is 9.84. The lowest BCUT2D eigenvalue weighted by atomic mass is 9.67. The van der Waals surface area contributed by atoms with Crippen molar-refractivity contribution in [2.24, 2.45) is 11.3 Å². The van der Waals surface area contributed by atoms with Crippen molar-refractivity contribution in [3.8, 4) is 0 Å². The molecule has 0 bridgehead atoms. The van der Waals surface area contributed by atoms with Crippen LogP contribution in [0.15, 0.2) is 0 Å². The number of esters is 1. The van der Waals surface area contributed by atoms with Gasteiger partial charge in [0.05, 0.1) is 0 Å². The summed E-state index contributed by atoms with van der Waals surface area (Å²) in [4.78, 5) is 49.8. The highest BCUT2D eigenvalue weighted by Crippen LogP contribution is 2.43. The molecule has 4 amide bonds. The molecule has 1 spiro atoms. The van der Waals surface area contributed by atoms with Gasteiger partial charge in [0.25, 0.3) is 11.8 Å². The minimum absolute atomic E-state index is 0.157. The summed E-state index contributed by atoms with van der Waals surface area (Å²) < 4.78 is 4.92. The van der Waals surface area contributed by atoms with Crippen LogP contribution in [0.1, 0.15) is 67.2 Å². The van der Waals surface area contributed by atoms with Gasteiger partial charge in [-0.05, 0) is 57.8 Å². The van der Waals surface area contributed by atoms with E-state index in [1.165, 1.54) is 0 Å². The molecule has 28 heavy (non-hydrogen) atoms. The summed E-state index contributed by atoms with van der Waals surface area (Å²) in [6.07, 6.45) is 2.83. The zero-order chi connectivity index (χ0) is 21.3. The normalized spacial score (nSPS) is 25.6. The summed E-state index contributed by atoms with van der Waals surface area (Å²) in [5.74, 6) is -1.10. The third-order valence-electron chi connectivity index (χ3n) is 5.48. The molecule has 1 heterocycles. The third kappa shape index (κ3) is 5.23. The van der Waals surface area contributed by atoms with Crippen LogP contribution < -0.4 is 10.6 Å². The standard InChI is InChI=1S/C20H33N3O5/c1-18(2,3)13-7-9-20(10-8-13)16(26)23(17(27)22-20)11-15(25)28-12-14(24)21-19(4,5)6/h13H,7-12H2,1-6H3,(H,21,24)(H,22,27). The topological polar surface area (TPSA) is 105 Å². The molecule has 1 saturated carbocycles. The second-order valence-electron chi connectivity index (χ2n) is 10.0. The van der Waals surface area contributed by atoms with Crippen molar-refractivity contribution in [1.29, 1.82) is 0 Å². The van der Waals surface area contributed by atoms with Crippen LogP contribution in [0.5, 0.6) is 0 Å². The van der Waals surface area contributed by atoms with Crippen molar-refractivity contribution in [2.75, 3.05) is 13.2 Å². The molecule has 0 aromatic rings. The van der Waals surface area contributed by atoms with E-state index in [0.717, 1.165) is 17.7 Å². The molecule has 1 aliphatic carbocycles. The van der Waals surface area contributed by atoms with Crippen LogP contribution in [0, 0.1) is 11.3 Å². The summed E-state index contributed by atoms with van der Waals surface area (Å²) in [6.45, 7) is 11.1. The Morgan fingerprint density at radius 3 is 2.21 bits per heavy atom. The Balaban J connectivity index is 1.90. The summed E-state index contributed by atoms with van der Waals surface area (Å²) >= 11 is 0. The number of nitrogens with zero attached hydrogens (tertiary/aromatic N) is 1. The monoisotopic (exact) mass is 395 g/mol. The number of amides is 4. The maximum atomic E-state index is 12.9. The Bertz CT molecular complexity index is 652. The predicted molar refractivity (Wildman–Crippen MR) is 103 cm³/mol. The van der Waals surface area contributed by atoms with Gasteiger partial charge in [-0.15, -0.1) is 0 Å². The number of imide groups is 1. The van der Waals surface area contributed by atoms with Gasteiger partial charge in [-0.3, -0.25) is 19.3 Å². The Kier molecular flexibility index (Phi) is 6.11. The number of ether oxygens (including phenoxy) is 1. The van der Waals surface area contributed by atoms with E-state index in [1.54, 1.807) is 0 Å². The Morgan fingerprint density at radius 2 is 1.71 bits per heavy atom. The van der Waals surface area contributed by atoms with Gasteiger partial charge >= 0.3 is 12.0 Å². The van der Waals surface area contributed by atoms with Crippen molar-refractivity contribution in [1.82, 2.24) is 15.5 Å². The number of urea groups is 1. The summed E-state index contributed by atoms with van der Waals surface area (Å²) in [5.41, 5.74) is -1.19. The molecule has 0 radical (unpaired) electrons. The smallest absolute Gasteiger partial charge is 0.326 e. The Labute approximate surface area is 166 Å². The quantitative estimate of drug-likeness (QED) is 0.559. The zero-order valence-electron chi connectivity index (χ0n) is 17.8. The van der Waals surface area contributed by atoms with Gasteiger partial charge in [0.15, 0.2) is 6.61 Å². The minimum atomic E-state index is -0.914. The van der Waals surface area contributed by atoms with E-state index >= 15 is 0 Å². The van der Waals surface area contributed by atoms with Crippen molar-refractivity contribution in [3.05, 3.63) is 0 Å². The van der Waals surface area contributed by atoms with E-state index in [-0.39, 0.29) is 11.3 Å². The van der Waals surface area contributed by atoms with E-state index in [2.05, 4.69) is 31.4 Å². The highest BCUT2D eigenvalue weighted by atomic mass is 16.5. The lowest BCUT2D eigenvalue weighted by Gasteiger charge is -2.40. The second-order valence-corrected chi connectivity index (χ2v) is 10.0. The van der Waals surface area contributed by atoms with Gasteiger partial charge in [0.2, 0.25) is 0 Å². The largest absolute Gasteiger partial charge is 0.454 e. The number of hydrogen-bond acceptors (Lipinski definition) is 5. The fourth-order valence-electron chi connectivity index (χ4n) is 3.91. The van der Waals surface area contributed by atoms with Crippen LogP contribution in [-0.4, -0.2) is 52.9 Å². The zero-order valence-corrected chi connectivity index (χ0v) is 17.8. The van der Waals surface area contributed by atoms with Gasteiger partial charge in [-0.2, -0.15) is 0 Å². The maximum absolute atomic E-state index is 12.9. The molecular formula is C20H33N3O5. The molecule has 2 aliphatic rings. The van der Waals surface area contributed by atoms with E-state index in [4.69, 9.17) is 4.74 Å². The van der Waals surface area contributed by atoms with Gasteiger partial charge < -0.3 is 15.4 Å². The Morgan fingerprint density at radius 1 is 1.14 bits per heavy atom. The molecule has 8 nitrogen and oxygen atoms in total. The van der Waals surface area contributed by atoms with Crippen LogP contribution >= 0.6 is 0 Å². The van der Waals surface area contributed by atoms with Crippen LogP contribution in [0.4, 0.5) is 4.79 Å². The highest BCUT2D eigenvalue weighted by Gasteiger charge is 2.53. The molecule has 1 saturated heterocycles. The minimum Gasteiger partial charge on any atom is -0.454 e. The number of rotatable bonds is 4. The number of carbonyl (C=O) groups is 4. The summed E-state index contributed by atoms with van der Waals surface area (Å²) in [5, 5.41) is 5.47. The molecule has 158 valence electrons. The molecule has 0 aromatic carbocycles. The summed E-state index contributed by atoms with van der Waals surface area (Å²) in [7, 11) is 0. The van der Waals surface area contributed by atoms with Crippen LogP contribution in [-0.2, 0) is 19.1 Å². The highest BCUT2D eigenvalue weighted by molar-refractivity contribution is 6.08. The Hall–Kier alpha value is -2.12. The molecular weight excluding hydrogens is 362 g/mol. The van der Waals surface area contributed by atoms with E-state index in [0.29, 0.717) is 18.8 Å². The van der Waals surface area contributed by atoms with Crippen molar-refractivity contribution >= 4 is 23.8 Å². The molecule has 0 aromatic heterocycles. The van der Waals surface area contributed by atoms with Gasteiger partial charge in [-0.25, -0.2) is 4.79 Å². The van der Waals surface area contributed by atoms with Crippen LogP contribution in [0.25, 0.3) is 0 Å². The molecule has 8 heteroatoms. The first-order chi connectivity index (χ1) is 12.7. The summed E-state index contributed by atoms with van der Waals surface area (Å²) in [6, 6.07) is -0.574. The number of nitrogens with one attached hydrogen (secondary N) is 2. The fraction of sp³-hybridized carbons (Fsp3) is 0.800. The second kappa shape index (κ2) is 7.72. The van der Waals surface area contributed by atoms with Crippen LogP contribution in [0.3, 0.4) is 0 Å². The maximum Gasteiger partial charge on any atom is 0.326 e. The average molecular weight is 396 g/mol. The first kappa shape index (κ1) is 22.2. The average Bonchev–Trinajstić information content (AvgIpc) is 2.75. The van der Waals surface area contributed by atoms with Crippen molar-refractivity contribution in [2.45, 2.75) is 78.3 Å². The molecule has 2 rings (SSSR count). The van der Waals surface area contributed by atoms with Gasteiger partial charge in [-0.1, -0.05) is 20.8 Å². The number of carbonyl (C=O) groups excluding carboxylic acids is 4. The van der Waals surface area contributed by atoms with Crippen LogP contribution in [0.2, 0.25) is 0 Å². The van der Waals surface area contributed by atoms with Gasteiger partial charge in [0.1, 0.15) is 12.1 Å². The van der Waals surface area contributed by atoms with E-state index < -0.39 is 42.1 Å².